The van der Waals surface area contributed by atoms with E-state index in [1.54, 1.807) is 54.6 Å². The summed E-state index contributed by atoms with van der Waals surface area (Å²) in [6.45, 7) is 3.31. The molecule has 42 heavy (non-hydrogen) atoms. The van der Waals surface area contributed by atoms with Gasteiger partial charge in [0.2, 0.25) is 11.8 Å². The topological polar surface area (TPSA) is 86.8 Å². The Labute approximate surface area is 252 Å². The number of carbonyl (C=O) groups excluding carboxylic acids is 2. The second kappa shape index (κ2) is 13.7. The van der Waals surface area contributed by atoms with Crippen LogP contribution in [0.15, 0.2) is 108 Å². The maximum atomic E-state index is 14.3. The Morgan fingerprint density at radius 2 is 1.45 bits per heavy atom. The normalized spacial score (nSPS) is 11.9. The number of sulfonamides is 1. The number of hydrogen-bond acceptors (Lipinski definition) is 4. The van der Waals surface area contributed by atoms with Crippen LogP contribution in [0.1, 0.15) is 22.3 Å². The number of carbonyl (C=O) groups is 2. The highest BCUT2D eigenvalue weighted by atomic mass is 35.5. The van der Waals surface area contributed by atoms with Gasteiger partial charge in [0, 0.05) is 25.0 Å². The van der Waals surface area contributed by atoms with E-state index in [-0.39, 0.29) is 23.8 Å². The van der Waals surface area contributed by atoms with E-state index in [1.807, 2.05) is 50.2 Å². The van der Waals surface area contributed by atoms with Gasteiger partial charge in [-0.15, -0.1) is 0 Å². The first-order valence-electron chi connectivity index (χ1n) is 13.5. The van der Waals surface area contributed by atoms with E-state index in [0.717, 1.165) is 21.0 Å². The average Bonchev–Trinajstić information content (AvgIpc) is 3.00. The molecule has 7 nitrogen and oxygen atoms in total. The summed E-state index contributed by atoms with van der Waals surface area (Å²) < 4.78 is 29.1. The Morgan fingerprint density at radius 1 is 0.833 bits per heavy atom. The lowest BCUT2D eigenvalue weighted by molar-refractivity contribution is -0.139. The number of aryl methyl sites for hydroxylation is 2. The second-order valence-electron chi connectivity index (χ2n) is 10.0. The molecule has 0 saturated carbocycles. The van der Waals surface area contributed by atoms with Gasteiger partial charge in [0.05, 0.1) is 10.6 Å². The average molecular weight is 604 g/mol. The zero-order valence-electron chi connectivity index (χ0n) is 23.8. The maximum absolute atomic E-state index is 14.3. The van der Waals surface area contributed by atoms with Crippen LogP contribution in [0.2, 0.25) is 5.02 Å². The van der Waals surface area contributed by atoms with E-state index < -0.39 is 28.5 Å². The molecule has 0 unspecified atom stereocenters. The first-order chi connectivity index (χ1) is 20.1. The van der Waals surface area contributed by atoms with Crippen molar-refractivity contribution in [2.45, 2.75) is 37.8 Å². The summed E-state index contributed by atoms with van der Waals surface area (Å²) in [6.07, 6.45) is 0.228. The number of likely N-dealkylation sites (N-methyl/N-ethyl adjacent to an activating group) is 1. The molecule has 0 aliphatic heterocycles. The van der Waals surface area contributed by atoms with Crippen LogP contribution in [-0.4, -0.2) is 44.8 Å². The van der Waals surface area contributed by atoms with Crippen molar-refractivity contribution in [1.82, 2.24) is 10.2 Å². The summed E-state index contributed by atoms with van der Waals surface area (Å²) in [5, 5.41) is 3.12. The van der Waals surface area contributed by atoms with Gasteiger partial charge >= 0.3 is 0 Å². The highest BCUT2D eigenvalue weighted by Crippen LogP contribution is 2.27. The van der Waals surface area contributed by atoms with Crippen molar-refractivity contribution >= 4 is 39.1 Å². The van der Waals surface area contributed by atoms with Gasteiger partial charge in [-0.25, -0.2) is 8.42 Å². The standard InChI is InChI=1S/C33H34ClN3O4S/c1-24-18-19-28(20-25(24)2)37(42(40,41)29-15-8-5-9-16-29)23-32(38)36(22-27-14-10-11-17-30(27)34)31(33(39)35-3)21-26-12-6-4-7-13-26/h4-20,31H,21-23H2,1-3H3,(H,35,39)/t31-/m0/s1. The summed E-state index contributed by atoms with van der Waals surface area (Å²) in [4.78, 5) is 29.1. The van der Waals surface area contributed by atoms with Gasteiger partial charge in [0.15, 0.2) is 0 Å². The number of nitrogens with one attached hydrogen (secondary N) is 1. The summed E-state index contributed by atoms with van der Waals surface area (Å²) >= 11 is 6.49. The predicted molar refractivity (Wildman–Crippen MR) is 167 cm³/mol. The van der Waals surface area contributed by atoms with Gasteiger partial charge in [0.1, 0.15) is 12.6 Å². The summed E-state index contributed by atoms with van der Waals surface area (Å²) in [7, 11) is -2.63. The first-order valence-corrected chi connectivity index (χ1v) is 15.4. The number of anilines is 1. The number of rotatable bonds is 11. The molecule has 4 aromatic rings. The zero-order chi connectivity index (χ0) is 30.3. The second-order valence-corrected chi connectivity index (χ2v) is 12.3. The van der Waals surface area contributed by atoms with E-state index in [4.69, 9.17) is 11.6 Å². The molecule has 0 spiro atoms. The van der Waals surface area contributed by atoms with E-state index in [0.29, 0.717) is 16.3 Å². The third kappa shape index (κ3) is 7.19. The van der Waals surface area contributed by atoms with Gasteiger partial charge in [-0.1, -0.05) is 84.4 Å². The Morgan fingerprint density at radius 3 is 2.07 bits per heavy atom. The summed E-state index contributed by atoms with van der Waals surface area (Å²) in [5.74, 6) is -0.917. The molecule has 0 heterocycles. The largest absolute Gasteiger partial charge is 0.357 e. The van der Waals surface area contributed by atoms with Crippen molar-refractivity contribution in [3.05, 3.63) is 130 Å². The lowest BCUT2D eigenvalue weighted by atomic mass is 10.0. The maximum Gasteiger partial charge on any atom is 0.264 e. The molecule has 1 atom stereocenters. The van der Waals surface area contributed by atoms with Crippen molar-refractivity contribution < 1.29 is 18.0 Å². The fourth-order valence-electron chi connectivity index (χ4n) is 4.66. The molecule has 0 bridgehead atoms. The zero-order valence-corrected chi connectivity index (χ0v) is 25.4. The molecule has 0 aromatic heterocycles. The van der Waals surface area contributed by atoms with Crippen molar-refractivity contribution in [3.63, 3.8) is 0 Å². The highest BCUT2D eigenvalue weighted by Gasteiger charge is 2.34. The SMILES string of the molecule is CNC(=O)[C@H](Cc1ccccc1)N(Cc1ccccc1Cl)C(=O)CN(c1ccc(C)c(C)c1)S(=O)(=O)c1ccccc1. The quantitative estimate of drug-likeness (QED) is 0.244. The molecule has 4 aromatic carbocycles. The van der Waals surface area contributed by atoms with Crippen LogP contribution >= 0.6 is 11.6 Å². The Balaban J connectivity index is 1.81. The van der Waals surface area contributed by atoms with Crippen molar-refractivity contribution in [3.8, 4) is 0 Å². The van der Waals surface area contributed by atoms with E-state index in [2.05, 4.69) is 5.32 Å². The summed E-state index contributed by atoms with van der Waals surface area (Å²) in [5.41, 5.74) is 3.72. The fourth-order valence-corrected chi connectivity index (χ4v) is 6.28. The molecule has 2 amide bonds. The Bertz CT molecular complexity index is 1650. The van der Waals surface area contributed by atoms with E-state index in [9.17, 15) is 18.0 Å². The van der Waals surface area contributed by atoms with Gasteiger partial charge in [-0.3, -0.25) is 13.9 Å². The molecular formula is C33H34ClN3O4S. The van der Waals surface area contributed by atoms with Gasteiger partial charge in [0.25, 0.3) is 10.0 Å². The van der Waals surface area contributed by atoms with Crippen LogP contribution in [0, 0.1) is 13.8 Å². The van der Waals surface area contributed by atoms with Crippen LogP contribution < -0.4 is 9.62 Å². The number of halogens is 1. The third-order valence-corrected chi connectivity index (χ3v) is 9.36. The van der Waals surface area contributed by atoms with Gasteiger partial charge in [-0.2, -0.15) is 0 Å². The lowest BCUT2D eigenvalue weighted by Gasteiger charge is -2.34. The molecule has 9 heteroatoms. The molecule has 0 radical (unpaired) electrons. The highest BCUT2D eigenvalue weighted by molar-refractivity contribution is 7.92. The molecular weight excluding hydrogens is 570 g/mol. The third-order valence-electron chi connectivity index (χ3n) is 7.20. The van der Waals surface area contributed by atoms with Crippen molar-refractivity contribution in [2.75, 3.05) is 17.9 Å². The molecule has 0 fully saturated rings. The molecule has 0 saturated heterocycles. The first kappa shape index (κ1) is 30.8. The van der Waals surface area contributed by atoms with Gasteiger partial charge < -0.3 is 10.2 Å². The lowest BCUT2D eigenvalue weighted by Crippen LogP contribution is -2.53. The Hall–Kier alpha value is -4.14. The number of benzene rings is 4. The minimum absolute atomic E-state index is 0.00950. The molecule has 1 N–H and O–H groups in total. The monoisotopic (exact) mass is 603 g/mol. The predicted octanol–water partition coefficient (Wildman–Crippen LogP) is 5.54. The van der Waals surface area contributed by atoms with Crippen LogP contribution in [0.4, 0.5) is 5.69 Å². The molecule has 4 rings (SSSR count). The number of nitrogens with zero attached hydrogens (tertiary/aromatic N) is 2. The molecule has 0 aliphatic carbocycles. The smallest absolute Gasteiger partial charge is 0.264 e. The van der Waals surface area contributed by atoms with Crippen LogP contribution in [0.25, 0.3) is 0 Å². The van der Waals surface area contributed by atoms with Gasteiger partial charge in [-0.05, 0) is 66.4 Å². The molecule has 0 aliphatic rings. The van der Waals surface area contributed by atoms with E-state index in [1.165, 1.54) is 24.1 Å². The van der Waals surface area contributed by atoms with Crippen LogP contribution in [-0.2, 0) is 32.6 Å². The molecule has 218 valence electrons. The van der Waals surface area contributed by atoms with Crippen molar-refractivity contribution in [1.29, 1.82) is 0 Å². The van der Waals surface area contributed by atoms with Crippen molar-refractivity contribution in [2.24, 2.45) is 0 Å². The number of amides is 2. The summed E-state index contributed by atoms with van der Waals surface area (Å²) in [6, 6.07) is 28.8. The van der Waals surface area contributed by atoms with E-state index >= 15 is 0 Å². The fraction of sp³-hybridized carbons (Fsp3) is 0.212. The number of hydrogen-bond donors (Lipinski definition) is 1. The van der Waals surface area contributed by atoms with Crippen LogP contribution in [0.3, 0.4) is 0 Å². The minimum Gasteiger partial charge on any atom is -0.357 e. The Kier molecular flexibility index (Phi) is 10.0. The minimum atomic E-state index is -4.14. The van der Waals surface area contributed by atoms with Crippen LogP contribution in [0.5, 0.6) is 0 Å².